The fourth-order valence-corrected chi connectivity index (χ4v) is 4.19. The second kappa shape index (κ2) is 9.83. The molecule has 33 heavy (non-hydrogen) atoms. The SMILES string of the molecule is CCCCn1nc(C(=O)Nc2nc(-c3cc(OC)ccc3OC)cs2)c2ccccc2c1=O. The molecule has 2 heterocycles. The quantitative estimate of drug-likeness (QED) is 0.410. The Kier molecular flexibility index (Phi) is 6.69. The highest BCUT2D eigenvalue weighted by Crippen LogP contribution is 2.35. The standard InChI is InChI=1S/C24H24N4O4S/c1-4-5-12-28-23(30)17-9-7-6-8-16(17)21(27-28)22(29)26-24-25-19(14-33-24)18-13-15(31-2)10-11-20(18)32-3/h6-11,13-14H,4-5,12H2,1-3H3,(H,25,26,29). The smallest absolute Gasteiger partial charge is 0.278 e. The van der Waals surface area contributed by atoms with Gasteiger partial charge in [-0.2, -0.15) is 5.10 Å². The number of unbranched alkanes of at least 4 members (excludes halogenated alkanes) is 1. The molecule has 8 nitrogen and oxygen atoms in total. The Morgan fingerprint density at radius 1 is 1.12 bits per heavy atom. The maximum absolute atomic E-state index is 13.2. The zero-order chi connectivity index (χ0) is 23.4. The van der Waals surface area contributed by atoms with E-state index in [4.69, 9.17) is 9.47 Å². The number of aromatic nitrogens is 3. The minimum absolute atomic E-state index is 0.192. The summed E-state index contributed by atoms with van der Waals surface area (Å²) in [5.41, 5.74) is 1.40. The molecule has 0 aliphatic heterocycles. The number of benzene rings is 2. The van der Waals surface area contributed by atoms with Crippen LogP contribution in [-0.4, -0.2) is 34.9 Å². The Morgan fingerprint density at radius 2 is 1.91 bits per heavy atom. The number of anilines is 1. The number of hydrogen-bond acceptors (Lipinski definition) is 7. The average molecular weight is 465 g/mol. The van der Waals surface area contributed by atoms with Crippen LogP contribution in [0, 0.1) is 0 Å². The van der Waals surface area contributed by atoms with Crippen LogP contribution in [0.15, 0.2) is 52.6 Å². The maximum Gasteiger partial charge on any atom is 0.278 e. The number of thiazole rings is 1. The van der Waals surface area contributed by atoms with Crippen molar-refractivity contribution in [1.29, 1.82) is 0 Å². The number of fused-ring (bicyclic) bond motifs is 1. The fourth-order valence-electron chi connectivity index (χ4n) is 3.49. The summed E-state index contributed by atoms with van der Waals surface area (Å²) in [6, 6.07) is 12.5. The van der Waals surface area contributed by atoms with Crippen LogP contribution in [0.4, 0.5) is 5.13 Å². The van der Waals surface area contributed by atoms with Gasteiger partial charge in [-0.25, -0.2) is 9.67 Å². The van der Waals surface area contributed by atoms with Crippen LogP contribution in [0.3, 0.4) is 0 Å². The van der Waals surface area contributed by atoms with Gasteiger partial charge in [0.2, 0.25) is 0 Å². The van der Waals surface area contributed by atoms with Crippen LogP contribution in [0.2, 0.25) is 0 Å². The third kappa shape index (κ3) is 4.58. The van der Waals surface area contributed by atoms with Crippen molar-refractivity contribution in [2.75, 3.05) is 19.5 Å². The number of aryl methyl sites for hydroxylation is 1. The van der Waals surface area contributed by atoms with E-state index in [0.29, 0.717) is 39.6 Å². The van der Waals surface area contributed by atoms with Crippen LogP contribution in [-0.2, 0) is 6.54 Å². The molecule has 2 aromatic heterocycles. The van der Waals surface area contributed by atoms with Gasteiger partial charge < -0.3 is 9.47 Å². The predicted octanol–water partition coefficient (Wildman–Crippen LogP) is 4.59. The number of nitrogens with one attached hydrogen (secondary N) is 1. The molecule has 0 aliphatic carbocycles. The second-order valence-corrected chi connectivity index (χ2v) is 8.19. The molecule has 4 aromatic rings. The van der Waals surface area contributed by atoms with Gasteiger partial charge in [-0.3, -0.25) is 14.9 Å². The second-order valence-electron chi connectivity index (χ2n) is 7.33. The van der Waals surface area contributed by atoms with Crippen LogP contribution in [0.1, 0.15) is 30.3 Å². The summed E-state index contributed by atoms with van der Waals surface area (Å²) in [6.45, 7) is 2.49. The van der Waals surface area contributed by atoms with Crippen LogP contribution in [0.5, 0.6) is 11.5 Å². The Balaban J connectivity index is 1.67. The van der Waals surface area contributed by atoms with Crippen molar-refractivity contribution in [1.82, 2.24) is 14.8 Å². The third-order valence-corrected chi connectivity index (χ3v) is 5.97. The minimum Gasteiger partial charge on any atom is -0.497 e. The van der Waals surface area contributed by atoms with Gasteiger partial charge in [0.15, 0.2) is 10.8 Å². The molecule has 0 aliphatic rings. The molecule has 0 radical (unpaired) electrons. The molecule has 0 atom stereocenters. The zero-order valence-electron chi connectivity index (χ0n) is 18.6. The van der Waals surface area contributed by atoms with E-state index in [2.05, 4.69) is 15.4 Å². The lowest BCUT2D eigenvalue weighted by atomic mass is 10.1. The predicted molar refractivity (Wildman–Crippen MR) is 130 cm³/mol. The molecule has 1 amide bonds. The summed E-state index contributed by atoms with van der Waals surface area (Å²) in [6.07, 6.45) is 1.71. The maximum atomic E-state index is 13.2. The zero-order valence-corrected chi connectivity index (χ0v) is 19.4. The number of amides is 1. The minimum atomic E-state index is -0.421. The van der Waals surface area contributed by atoms with Gasteiger partial charge >= 0.3 is 0 Å². The summed E-state index contributed by atoms with van der Waals surface area (Å²) >= 11 is 1.29. The Morgan fingerprint density at radius 3 is 2.64 bits per heavy atom. The first-order chi connectivity index (χ1) is 16.0. The first kappa shape index (κ1) is 22.5. The van der Waals surface area contributed by atoms with Gasteiger partial charge in [-0.05, 0) is 30.7 Å². The van der Waals surface area contributed by atoms with E-state index in [-0.39, 0.29) is 11.3 Å². The molecule has 1 N–H and O–H groups in total. The molecule has 0 spiro atoms. The molecular weight excluding hydrogens is 440 g/mol. The molecule has 0 bridgehead atoms. The molecule has 170 valence electrons. The van der Waals surface area contributed by atoms with Gasteiger partial charge in [0.25, 0.3) is 11.5 Å². The van der Waals surface area contributed by atoms with E-state index < -0.39 is 5.91 Å². The van der Waals surface area contributed by atoms with Crippen molar-refractivity contribution in [2.45, 2.75) is 26.3 Å². The van der Waals surface area contributed by atoms with E-state index >= 15 is 0 Å². The highest BCUT2D eigenvalue weighted by molar-refractivity contribution is 7.14. The molecule has 0 saturated heterocycles. The summed E-state index contributed by atoms with van der Waals surface area (Å²) in [5.74, 6) is 0.902. The van der Waals surface area contributed by atoms with Crippen molar-refractivity contribution >= 4 is 33.1 Å². The van der Waals surface area contributed by atoms with Gasteiger partial charge in [-0.15, -0.1) is 11.3 Å². The Labute approximate surface area is 194 Å². The van der Waals surface area contributed by atoms with Crippen molar-refractivity contribution < 1.29 is 14.3 Å². The normalized spacial score (nSPS) is 10.9. The van der Waals surface area contributed by atoms with Gasteiger partial charge in [0.1, 0.15) is 11.5 Å². The number of carbonyl (C=O) groups excluding carboxylic acids is 1. The van der Waals surface area contributed by atoms with E-state index in [9.17, 15) is 9.59 Å². The van der Waals surface area contributed by atoms with Crippen molar-refractivity contribution in [3.63, 3.8) is 0 Å². The number of methoxy groups -OCH3 is 2. The summed E-state index contributed by atoms with van der Waals surface area (Å²) in [4.78, 5) is 30.5. The van der Waals surface area contributed by atoms with Crippen molar-refractivity contribution in [2.24, 2.45) is 0 Å². The van der Waals surface area contributed by atoms with Gasteiger partial charge in [0.05, 0.1) is 25.3 Å². The monoisotopic (exact) mass is 464 g/mol. The summed E-state index contributed by atoms with van der Waals surface area (Å²) in [5, 5.41) is 10.4. The van der Waals surface area contributed by atoms with E-state index in [0.717, 1.165) is 18.4 Å². The molecule has 4 rings (SSSR count). The number of ether oxygens (including phenoxy) is 2. The Hall–Kier alpha value is -3.72. The number of carbonyl (C=O) groups is 1. The lowest BCUT2D eigenvalue weighted by Crippen LogP contribution is -2.27. The summed E-state index contributed by atoms with van der Waals surface area (Å²) < 4.78 is 12.1. The van der Waals surface area contributed by atoms with Gasteiger partial charge in [-0.1, -0.05) is 31.5 Å². The van der Waals surface area contributed by atoms with Crippen LogP contribution < -0.4 is 20.3 Å². The topological polar surface area (TPSA) is 95.3 Å². The summed E-state index contributed by atoms with van der Waals surface area (Å²) in [7, 11) is 3.18. The van der Waals surface area contributed by atoms with E-state index in [1.165, 1.54) is 16.0 Å². The highest BCUT2D eigenvalue weighted by atomic mass is 32.1. The highest BCUT2D eigenvalue weighted by Gasteiger charge is 2.19. The van der Waals surface area contributed by atoms with E-state index in [1.54, 1.807) is 44.6 Å². The number of rotatable bonds is 8. The van der Waals surface area contributed by atoms with Gasteiger partial charge in [0, 0.05) is 22.9 Å². The number of hydrogen-bond donors (Lipinski definition) is 1. The first-order valence-electron chi connectivity index (χ1n) is 10.5. The first-order valence-corrected chi connectivity index (χ1v) is 11.4. The Bertz CT molecular complexity index is 1360. The lowest BCUT2D eigenvalue weighted by Gasteiger charge is -2.10. The third-order valence-electron chi connectivity index (χ3n) is 5.21. The van der Waals surface area contributed by atoms with E-state index in [1.807, 2.05) is 24.4 Å². The number of nitrogens with zero attached hydrogens (tertiary/aromatic N) is 3. The molecule has 0 saturated carbocycles. The molecule has 2 aromatic carbocycles. The lowest BCUT2D eigenvalue weighted by molar-refractivity contribution is 0.102. The van der Waals surface area contributed by atoms with Crippen molar-refractivity contribution in [3.8, 4) is 22.8 Å². The molecule has 0 unspecified atom stereocenters. The van der Waals surface area contributed by atoms with Crippen LogP contribution >= 0.6 is 11.3 Å². The van der Waals surface area contributed by atoms with Crippen molar-refractivity contribution in [3.05, 3.63) is 63.9 Å². The molecule has 0 fully saturated rings. The molecular formula is C24H24N4O4S. The average Bonchev–Trinajstić information content (AvgIpc) is 3.31. The fraction of sp³-hybridized carbons (Fsp3) is 0.250. The molecule has 9 heteroatoms. The largest absolute Gasteiger partial charge is 0.497 e. The van der Waals surface area contributed by atoms with Crippen LogP contribution in [0.25, 0.3) is 22.0 Å².